The first-order chi connectivity index (χ1) is 16.1. The molecule has 0 fully saturated rings. The van der Waals surface area contributed by atoms with Crippen LogP contribution < -0.4 is 0 Å². The second-order valence-corrected chi connectivity index (χ2v) is 11.7. The van der Waals surface area contributed by atoms with E-state index in [-0.39, 0.29) is 22.2 Å². The summed E-state index contributed by atoms with van der Waals surface area (Å²) in [7, 11) is 0. The summed E-state index contributed by atoms with van der Waals surface area (Å²) in [6.45, 7) is 23.3. The smallest absolute Gasteiger partial charge is 0.227 e. The van der Waals surface area contributed by atoms with Crippen LogP contribution in [0.2, 0.25) is 0 Å². The van der Waals surface area contributed by atoms with Crippen molar-refractivity contribution in [2.24, 2.45) is 0 Å². The van der Waals surface area contributed by atoms with Crippen LogP contribution in [-0.2, 0) is 10.8 Å². The van der Waals surface area contributed by atoms with E-state index in [2.05, 4.69) is 61.7 Å². The van der Waals surface area contributed by atoms with E-state index < -0.39 is 0 Å². The maximum absolute atomic E-state index is 9.16. The predicted octanol–water partition coefficient (Wildman–Crippen LogP) is 7.99. The summed E-state index contributed by atoms with van der Waals surface area (Å²) in [4.78, 5) is 10.9. The maximum Gasteiger partial charge on any atom is 0.263 e. The molecule has 162 valence electrons. The molecule has 1 aromatic carbocycles. The third-order valence-electron chi connectivity index (χ3n) is 6.81. The second kappa shape index (κ2) is 7.28. The monoisotopic (exact) mass is 474 g/mol. The van der Waals surface area contributed by atoms with Gasteiger partial charge in [-0.2, -0.15) is 0 Å². The van der Waals surface area contributed by atoms with Crippen molar-refractivity contribution in [1.29, 1.82) is 10.5 Å². The molecule has 2 aromatic heterocycles. The van der Waals surface area contributed by atoms with Crippen molar-refractivity contribution >= 4 is 34.8 Å². The van der Waals surface area contributed by atoms with Gasteiger partial charge in [-0.1, -0.05) is 27.7 Å². The van der Waals surface area contributed by atoms with E-state index in [9.17, 15) is 0 Å². The van der Waals surface area contributed by atoms with E-state index in [1.807, 2.05) is 12.1 Å². The first kappa shape index (κ1) is 21.9. The van der Waals surface area contributed by atoms with Gasteiger partial charge in [-0.05, 0) is 69.8 Å². The second-order valence-electron chi connectivity index (χ2n) is 9.48. The average molecular weight is 475 g/mol. The number of fused-ring (bicyclic) bond motifs is 6. The lowest BCUT2D eigenvalue weighted by Gasteiger charge is -2.24. The van der Waals surface area contributed by atoms with E-state index in [0.717, 1.165) is 9.75 Å². The number of hydrogen-bond donors (Lipinski definition) is 0. The Labute approximate surface area is 207 Å². The minimum Gasteiger partial charge on any atom is -0.227 e. The molecule has 0 aliphatic heterocycles. The highest BCUT2D eigenvalue weighted by molar-refractivity contribution is 7.16. The average Bonchev–Trinajstić information content (AvgIpc) is 3.52. The van der Waals surface area contributed by atoms with E-state index in [1.165, 1.54) is 43.1 Å². The van der Waals surface area contributed by atoms with Gasteiger partial charge in [0.05, 0.1) is 25.3 Å². The van der Waals surface area contributed by atoms with E-state index >= 15 is 0 Å². The van der Waals surface area contributed by atoms with Crippen LogP contribution in [0.5, 0.6) is 0 Å². The van der Waals surface area contributed by atoms with Crippen LogP contribution in [0.15, 0.2) is 35.7 Å². The fourth-order valence-corrected chi connectivity index (χ4v) is 7.56. The zero-order valence-corrected chi connectivity index (χ0v) is 20.7. The molecule has 2 aliphatic rings. The van der Waals surface area contributed by atoms with Gasteiger partial charge in [0.15, 0.2) is 0 Å². The normalized spacial score (nSPS) is 16.4. The molecule has 2 aliphatic carbocycles. The predicted molar refractivity (Wildman–Crippen MR) is 138 cm³/mol. The van der Waals surface area contributed by atoms with Gasteiger partial charge in [-0.25, -0.2) is 20.2 Å². The van der Waals surface area contributed by atoms with Gasteiger partial charge in [0.2, 0.25) is 0 Å². The van der Waals surface area contributed by atoms with E-state index in [4.69, 9.17) is 23.7 Å². The van der Waals surface area contributed by atoms with Gasteiger partial charge in [-0.3, -0.25) is 0 Å². The van der Waals surface area contributed by atoms with Gasteiger partial charge < -0.3 is 0 Å². The van der Waals surface area contributed by atoms with E-state index in [0.29, 0.717) is 0 Å². The highest BCUT2D eigenvalue weighted by Gasteiger charge is 2.43. The Balaban J connectivity index is 1.69. The minimum absolute atomic E-state index is 0.0973. The molecule has 0 saturated heterocycles. The third-order valence-corrected chi connectivity index (χ3v) is 9.33. The van der Waals surface area contributed by atoms with Crippen molar-refractivity contribution in [2.75, 3.05) is 0 Å². The Hall–Kier alpha value is -3.94. The number of thiophene rings is 2. The summed E-state index contributed by atoms with van der Waals surface area (Å²) in [5.74, 6) is 0. The lowest BCUT2D eigenvalue weighted by atomic mass is 9.80. The first-order valence-electron chi connectivity index (χ1n) is 10.6. The van der Waals surface area contributed by atoms with Crippen LogP contribution in [0, 0.1) is 35.8 Å². The molecule has 5 rings (SSSR count). The molecule has 0 saturated carbocycles. The quantitative estimate of drug-likeness (QED) is 0.279. The maximum atomic E-state index is 9.16. The Morgan fingerprint density at radius 3 is 1.91 bits per heavy atom. The van der Waals surface area contributed by atoms with Crippen LogP contribution in [0.25, 0.3) is 43.4 Å². The molecule has 0 bridgehead atoms. The van der Waals surface area contributed by atoms with Crippen LogP contribution in [0.3, 0.4) is 0 Å². The Kier molecular flexibility index (Phi) is 4.69. The highest BCUT2D eigenvalue weighted by atomic mass is 32.1. The Morgan fingerprint density at radius 2 is 1.32 bits per heavy atom. The highest BCUT2D eigenvalue weighted by Crippen LogP contribution is 2.59. The summed E-state index contributed by atoms with van der Waals surface area (Å²) in [5.41, 5.74) is 7.23. The third kappa shape index (κ3) is 2.91. The summed E-state index contributed by atoms with van der Waals surface area (Å²) in [6, 6.07) is 12.8. The van der Waals surface area contributed by atoms with Crippen molar-refractivity contribution in [1.82, 2.24) is 0 Å². The molecule has 0 unspecified atom stereocenters. The zero-order valence-electron chi connectivity index (χ0n) is 19.1. The van der Waals surface area contributed by atoms with E-state index in [1.54, 1.807) is 34.8 Å². The lowest BCUT2D eigenvalue weighted by Crippen LogP contribution is -2.16. The summed E-state index contributed by atoms with van der Waals surface area (Å²) in [5, 5.41) is 18.3. The van der Waals surface area contributed by atoms with Gasteiger partial charge in [0, 0.05) is 30.3 Å². The molecule has 0 atom stereocenters. The van der Waals surface area contributed by atoms with Crippen molar-refractivity contribution in [3.05, 3.63) is 89.8 Å². The molecular weight excluding hydrogens is 456 g/mol. The van der Waals surface area contributed by atoms with Crippen LogP contribution in [0.4, 0.5) is 0 Å². The van der Waals surface area contributed by atoms with Gasteiger partial charge in [0.25, 0.3) is 11.4 Å². The Morgan fingerprint density at radius 1 is 0.765 bits per heavy atom. The fourth-order valence-electron chi connectivity index (χ4n) is 5.05. The lowest BCUT2D eigenvalue weighted by molar-refractivity contribution is 0.657. The molecule has 0 spiro atoms. The molecular formula is C28H18N4S2. The van der Waals surface area contributed by atoms with Crippen LogP contribution in [-0.4, -0.2) is 0 Å². The molecule has 6 heteroatoms. The minimum atomic E-state index is -0.197. The molecule has 2 heterocycles. The SMILES string of the molecule is [C-]#[N+]/C(C#N)=C\c1cc2c(s1)-c1cc3c(cc1C2(C)C)-c1cc(/C=C(\C#N)[N+]#[C-])sc1C3(C)C. The molecule has 4 nitrogen and oxygen atoms in total. The molecule has 0 radical (unpaired) electrons. The summed E-state index contributed by atoms with van der Waals surface area (Å²) < 4.78 is 0. The molecule has 34 heavy (non-hydrogen) atoms. The van der Waals surface area contributed by atoms with Gasteiger partial charge in [-0.15, -0.1) is 22.7 Å². The van der Waals surface area contributed by atoms with Crippen LogP contribution >= 0.6 is 22.7 Å². The molecule has 3 aromatic rings. The topological polar surface area (TPSA) is 56.3 Å². The number of hydrogen-bond acceptors (Lipinski definition) is 4. The largest absolute Gasteiger partial charge is 0.263 e. The van der Waals surface area contributed by atoms with Crippen molar-refractivity contribution < 1.29 is 0 Å². The number of nitriles is 2. The first-order valence-corrected chi connectivity index (χ1v) is 12.3. The fraction of sp³-hybridized carbons (Fsp3) is 0.214. The van der Waals surface area contributed by atoms with Crippen molar-refractivity contribution in [3.63, 3.8) is 0 Å². The van der Waals surface area contributed by atoms with Gasteiger partial charge in [0.1, 0.15) is 0 Å². The molecule has 0 amide bonds. The van der Waals surface area contributed by atoms with Crippen molar-refractivity contribution in [3.8, 4) is 33.7 Å². The summed E-state index contributed by atoms with van der Waals surface area (Å²) in [6.07, 6.45) is 3.35. The van der Waals surface area contributed by atoms with Crippen LogP contribution in [0.1, 0.15) is 59.0 Å². The number of benzene rings is 1. The Bertz CT molecular complexity index is 1490. The number of rotatable bonds is 2. The van der Waals surface area contributed by atoms with Crippen molar-refractivity contribution in [2.45, 2.75) is 38.5 Å². The standard InChI is InChI=1S/C28H18N4S2/c1-27(2)23-11-19-20-9-17(7-15(13-29)31-5)34-26(20)28(3,4)22(19)12-21(23)25-24(27)10-18(33-25)8-16(14-30)32-6/h7-12H,1-4H3/b15-7+,16-8-. The zero-order chi connectivity index (χ0) is 24.4. The number of allylic oxidation sites excluding steroid dienone is 2. The number of nitrogens with zero attached hydrogens (tertiary/aromatic N) is 4. The van der Waals surface area contributed by atoms with Gasteiger partial charge >= 0.3 is 0 Å². The summed E-state index contributed by atoms with van der Waals surface area (Å²) >= 11 is 3.29. The molecule has 0 N–H and O–H groups in total.